The van der Waals surface area contributed by atoms with Crippen LogP contribution in [0.25, 0.3) is 0 Å². The minimum absolute atomic E-state index is 0.470. The molecule has 3 heteroatoms. The molecule has 0 radical (unpaired) electrons. The summed E-state index contributed by atoms with van der Waals surface area (Å²) in [5.74, 6) is 2.61. The number of halogens is 1. The number of hydrogen-bond acceptors (Lipinski definition) is 2. The maximum absolute atomic E-state index is 12.6. The van der Waals surface area contributed by atoms with Crippen molar-refractivity contribution in [2.45, 2.75) is 12.8 Å². The summed E-state index contributed by atoms with van der Waals surface area (Å²) in [5, 5.41) is 2.97. The first-order chi connectivity index (χ1) is 6.33. The number of terminal acetylenes is 1. The number of pyridine rings is 1. The van der Waals surface area contributed by atoms with E-state index in [1.165, 1.54) is 6.07 Å². The summed E-state index contributed by atoms with van der Waals surface area (Å²) in [7, 11) is 0. The van der Waals surface area contributed by atoms with E-state index in [0.29, 0.717) is 5.82 Å². The van der Waals surface area contributed by atoms with Gasteiger partial charge in [0.25, 0.3) is 0 Å². The third kappa shape index (κ3) is 3.57. The zero-order chi connectivity index (χ0) is 9.52. The highest BCUT2D eigenvalue weighted by Crippen LogP contribution is 2.03. The molecule has 2 nitrogen and oxygen atoms in total. The largest absolute Gasteiger partial charge is 0.370 e. The van der Waals surface area contributed by atoms with Gasteiger partial charge in [0.05, 0.1) is 0 Å². The zero-order valence-electron chi connectivity index (χ0n) is 7.26. The number of aromatic nitrogens is 1. The van der Waals surface area contributed by atoms with Crippen LogP contribution >= 0.6 is 0 Å². The Balaban J connectivity index is 2.33. The average molecular weight is 178 g/mol. The van der Waals surface area contributed by atoms with Crippen molar-refractivity contribution in [3.05, 3.63) is 24.1 Å². The Morgan fingerprint density at radius 3 is 3.08 bits per heavy atom. The van der Waals surface area contributed by atoms with Crippen molar-refractivity contribution in [2.75, 3.05) is 11.9 Å². The summed E-state index contributed by atoms with van der Waals surface area (Å²) >= 11 is 0. The Kier molecular flexibility index (Phi) is 3.77. The van der Waals surface area contributed by atoms with E-state index in [2.05, 4.69) is 16.2 Å². The molecule has 0 bridgehead atoms. The number of nitrogens with one attached hydrogen (secondary N) is 1. The van der Waals surface area contributed by atoms with E-state index in [4.69, 9.17) is 6.42 Å². The van der Waals surface area contributed by atoms with Crippen LogP contribution in [-0.4, -0.2) is 11.5 Å². The maximum atomic E-state index is 12.6. The molecule has 0 atom stereocenters. The van der Waals surface area contributed by atoms with Gasteiger partial charge in [-0.2, -0.15) is 4.39 Å². The van der Waals surface area contributed by atoms with Gasteiger partial charge in [0.2, 0.25) is 5.95 Å². The molecule has 0 spiro atoms. The van der Waals surface area contributed by atoms with E-state index < -0.39 is 5.95 Å². The molecule has 1 heterocycles. The number of unbranched alkanes of at least 4 members (excludes halogenated alkanes) is 1. The van der Waals surface area contributed by atoms with Gasteiger partial charge in [-0.05, 0) is 18.6 Å². The maximum Gasteiger partial charge on any atom is 0.214 e. The van der Waals surface area contributed by atoms with E-state index >= 15 is 0 Å². The standard InChI is InChI=1S/C10H11FN2/c1-2-3-4-8-12-10-7-5-6-9(11)13-10/h1,5-7H,3-4,8H2,(H,12,13). The summed E-state index contributed by atoms with van der Waals surface area (Å²) in [4.78, 5) is 3.64. The van der Waals surface area contributed by atoms with Gasteiger partial charge in [-0.3, -0.25) is 0 Å². The van der Waals surface area contributed by atoms with Crippen LogP contribution in [0.2, 0.25) is 0 Å². The van der Waals surface area contributed by atoms with Crippen LogP contribution < -0.4 is 5.32 Å². The molecule has 1 rings (SSSR count). The molecule has 0 unspecified atom stereocenters. The molecule has 0 aliphatic carbocycles. The van der Waals surface area contributed by atoms with Crippen LogP contribution in [0.4, 0.5) is 10.2 Å². The lowest BCUT2D eigenvalue weighted by Gasteiger charge is -2.02. The molecule has 0 aliphatic heterocycles. The molecular formula is C10H11FN2. The minimum Gasteiger partial charge on any atom is -0.370 e. The van der Waals surface area contributed by atoms with Crippen molar-refractivity contribution in [2.24, 2.45) is 0 Å². The second kappa shape index (κ2) is 5.15. The molecule has 1 N–H and O–H groups in total. The van der Waals surface area contributed by atoms with Crippen molar-refractivity contribution in [1.82, 2.24) is 4.98 Å². The topological polar surface area (TPSA) is 24.9 Å². The van der Waals surface area contributed by atoms with Gasteiger partial charge in [0, 0.05) is 13.0 Å². The van der Waals surface area contributed by atoms with Crippen molar-refractivity contribution < 1.29 is 4.39 Å². The molecule has 1 aromatic rings. The van der Waals surface area contributed by atoms with E-state index in [9.17, 15) is 4.39 Å². The SMILES string of the molecule is C#CCCCNc1cccc(F)n1. The Hall–Kier alpha value is -1.56. The summed E-state index contributed by atoms with van der Waals surface area (Å²) in [6.07, 6.45) is 6.67. The lowest BCUT2D eigenvalue weighted by Crippen LogP contribution is -2.03. The third-order valence-corrected chi connectivity index (χ3v) is 1.52. The lowest BCUT2D eigenvalue weighted by atomic mass is 10.3. The molecule has 0 aliphatic rings. The molecule has 68 valence electrons. The number of anilines is 1. The average Bonchev–Trinajstić information content (AvgIpc) is 2.13. The predicted octanol–water partition coefficient (Wildman–Crippen LogP) is 2.05. The smallest absolute Gasteiger partial charge is 0.214 e. The van der Waals surface area contributed by atoms with Gasteiger partial charge in [-0.15, -0.1) is 12.3 Å². The fourth-order valence-corrected chi connectivity index (χ4v) is 0.914. The molecule has 1 aromatic heterocycles. The van der Waals surface area contributed by atoms with Gasteiger partial charge in [-0.1, -0.05) is 6.07 Å². The molecule has 0 amide bonds. The summed E-state index contributed by atoms with van der Waals surface area (Å²) in [6, 6.07) is 4.65. The molecule has 0 fully saturated rings. The van der Waals surface area contributed by atoms with Crippen molar-refractivity contribution >= 4 is 5.82 Å². The first kappa shape index (κ1) is 9.53. The second-order valence-electron chi connectivity index (χ2n) is 2.58. The fraction of sp³-hybridized carbons (Fsp3) is 0.300. The Morgan fingerprint density at radius 2 is 2.38 bits per heavy atom. The first-order valence-electron chi connectivity index (χ1n) is 4.13. The van der Waals surface area contributed by atoms with E-state index in [-0.39, 0.29) is 0 Å². The second-order valence-corrected chi connectivity index (χ2v) is 2.58. The quantitative estimate of drug-likeness (QED) is 0.433. The fourth-order valence-electron chi connectivity index (χ4n) is 0.914. The van der Waals surface area contributed by atoms with Crippen LogP contribution in [0.5, 0.6) is 0 Å². The highest BCUT2D eigenvalue weighted by Gasteiger charge is 1.94. The lowest BCUT2D eigenvalue weighted by molar-refractivity contribution is 0.585. The van der Waals surface area contributed by atoms with E-state index in [0.717, 1.165) is 19.4 Å². The van der Waals surface area contributed by atoms with Crippen LogP contribution in [0.15, 0.2) is 18.2 Å². The Bertz CT molecular complexity index is 304. The van der Waals surface area contributed by atoms with E-state index in [1.54, 1.807) is 12.1 Å². The Labute approximate surface area is 77.2 Å². The van der Waals surface area contributed by atoms with Crippen molar-refractivity contribution in [1.29, 1.82) is 0 Å². The van der Waals surface area contributed by atoms with Crippen LogP contribution in [0, 0.1) is 18.3 Å². The first-order valence-corrected chi connectivity index (χ1v) is 4.13. The highest BCUT2D eigenvalue weighted by molar-refractivity contribution is 5.33. The predicted molar refractivity (Wildman–Crippen MR) is 50.8 cm³/mol. The van der Waals surface area contributed by atoms with Gasteiger partial charge in [0.1, 0.15) is 5.82 Å². The molecule has 0 saturated carbocycles. The van der Waals surface area contributed by atoms with Crippen molar-refractivity contribution in [3.63, 3.8) is 0 Å². The summed E-state index contributed by atoms with van der Waals surface area (Å²) in [6.45, 7) is 0.723. The minimum atomic E-state index is -0.470. The number of hydrogen-bond donors (Lipinski definition) is 1. The number of nitrogens with zero attached hydrogens (tertiary/aromatic N) is 1. The summed E-state index contributed by atoms with van der Waals surface area (Å²) in [5.41, 5.74) is 0. The molecular weight excluding hydrogens is 167 g/mol. The van der Waals surface area contributed by atoms with Gasteiger partial charge in [0.15, 0.2) is 0 Å². The normalized spacial score (nSPS) is 9.23. The zero-order valence-corrected chi connectivity index (χ0v) is 7.26. The van der Waals surface area contributed by atoms with Gasteiger partial charge < -0.3 is 5.32 Å². The summed E-state index contributed by atoms with van der Waals surface area (Å²) < 4.78 is 12.6. The molecule has 0 saturated heterocycles. The van der Waals surface area contributed by atoms with Crippen LogP contribution in [0.1, 0.15) is 12.8 Å². The van der Waals surface area contributed by atoms with E-state index in [1.807, 2.05) is 0 Å². The van der Waals surface area contributed by atoms with Crippen LogP contribution in [0.3, 0.4) is 0 Å². The molecule has 13 heavy (non-hydrogen) atoms. The third-order valence-electron chi connectivity index (χ3n) is 1.52. The van der Waals surface area contributed by atoms with Crippen LogP contribution in [-0.2, 0) is 0 Å². The van der Waals surface area contributed by atoms with Crippen molar-refractivity contribution in [3.8, 4) is 12.3 Å². The van der Waals surface area contributed by atoms with Gasteiger partial charge in [-0.25, -0.2) is 4.98 Å². The number of rotatable bonds is 4. The monoisotopic (exact) mass is 178 g/mol. The van der Waals surface area contributed by atoms with Gasteiger partial charge >= 0.3 is 0 Å². The Morgan fingerprint density at radius 1 is 1.54 bits per heavy atom. The highest BCUT2D eigenvalue weighted by atomic mass is 19.1. The molecule has 0 aromatic carbocycles.